The highest BCUT2D eigenvalue weighted by molar-refractivity contribution is 7.09. The Bertz CT molecular complexity index is 728. The molecule has 1 atom stereocenters. The Balaban J connectivity index is 2.32. The normalized spacial score (nSPS) is 15.4. The van der Waals surface area contributed by atoms with Crippen LogP contribution < -0.4 is 16.8 Å². The molecule has 29 heavy (non-hydrogen) atoms. The number of carbonyl (C=O) groups is 3. The van der Waals surface area contributed by atoms with Crippen LogP contribution >= 0.6 is 11.5 Å². The molecule has 0 spiro atoms. The monoisotopic (exact) mass is 423 g/mol. The van der Waals surface area contributed by atoms with E-state index < -0.39 is 11.9 Å². The predicted molar refractivity (Wildman–Crippen MR) is 115 cm³/mol. The second-order valence-electron chi connectivity index (χ2n) is 8.07. The summed E-state index contributed by atoms with van der Waals surface area (Å²) in [4.78, 5) is 39.9. The number of carbonyl (C=O) groups excluding carboxylic acids is 3. The van der Waals surface area contributed by atoms with Gasteiger partial charge in [0.15, 0.2) is 5.69 Å². The van der Waals surface area contributed by atoms with Crippen LogP contribution in [0, 0.1) is 5.92 Å². The van der Waals surface area contributed by atoms with Crippen LogP contribution in [0.5, 0.6) is 0 Å². The van der Waals surface area contributed by atoms with Gasteiger partial charge in [0, 0.05) is 12.6 Å². The zero-order valence-corrected chi connectivity index (χ0v) is 18.4. The number of anilines is 1. The lowest BCUT2D eigenvalue weighted by molar-refractivity contribution is -0.126. The Morgan fingerprint density at radius 2 is 1.90 bits per heavy atom. The maximum atomic E-state index is 13.5. The van der Waals surface area contributed by atoms with Crippen LogP contribution in [-0.4, -0.2) is 45.6 Å². The largest absolute Gasteiger partial charge is 0.395 e. The van der Waals surface area contributed by atoms with Crippen LogP contribution in [0.1, 0.15) is 85.9 Å². The minimum Gasteiger partial charge on any atom is -0.395 e. The van der Waals surface area contributed by atoms with E-state index in [1.807, 2.05) is 6.92 Å². The third-order valence-corrected chi connectivity index (χ3v) is 6.18. The molecular weight excluding hydrogens is 390 g/mol. The van der Waals surface area contributed by atoms with E-state index in [1.165, 1.54) is 0 Å². The summed E-state index contributed by atoms with van der Waals surface area (Å²) < 4.78 is 3.96. The number of hydrogen-bond donors (Lipinski definition) is 3. The topological polar surface area (TPSA) is 131 Å². The van der Waals surface area contributed by atoms with Gasteiger partial charge < -0.3 is 21.7 Å². The molecular formula is C20H33N5O3S. The van der Waals surface area contributed by atoms with Gasteiger partial charge in [-0.2, -0.15) is 4.37 Å². The van der Waals surface area contributed by atoms with Gasteiger partial charge in [0.25, 0.3) is 11.8 Å². The Kier molecular flexibility index (Phi) is 8.43. The zero-order valence-electron chi connectivity index (χ0n) is 17.6. The SMILES string of the molecule is CCC[C@@H](C(=O)NCCC(C)C)N(C(=O)c1snc(C(N)=O)c1N)C1CCCC1. The molecule has 8 nitrogen and oxygen atoms in total. The number of primary amides is 1. The fraction of sp³-hybridized carbons (Fsp3) is 0.700. The van der Waals surface area contributed by atoms with Crippen molar-refractivity contribution in [3.8, 4) is 0 Å². The van der Waals surface area contributed by atoms with E-state index in [0.29, 0.717) is 18.9 Å². The first-order valence-corrected chi connectivity index (χ1v) is 11.2. The first kappa shape index (κ1) is 23.1. The third kappa shape index (κ3) is 5.68. The van der Waals surface area contributed by atoms with Crippen molar-refractivity contribution in [3.63, 3.8) is 0 Å². The second kappa shape index (κ2) is 10.6. The quantitative estimate of drug-likeness (QED) is 0.532. The van der Waals surface area contributed by atoms with Crippen molar-refractivity contribution in [2.24, 2.45) is 11.7 Å². The fourth-order valence-corrected chi connectivity index (χ4v) is 4.51. The molecule has 1 saturated carbocycles. The van der Waals surface area contributed by atoms with Crippen molar-refractivity contribution in [1.29, 1.82) is 0 Å². The molecule has 1 heterocycles. The first-order valence-electron chi connectivity index (χ1n) is 10.4. The molecule has 2 rings (SSSR count). The standard InChI is InChI=1S/C20H33N5O3S/c1-4-7-14(19(27)23-11-10-12(2)3)25(13-8-5-6-9-13)20(28)17-15(21)16(18(22)26)24-29-17/h12-14H,4-11,21H2,1-3H3,(H2,22,26)(H,23,27)/t14-/m0/s1. The number of nitrogens with two attached hydrogens (primary N) is 2. The van der Waals surface area contributed by atoms with Crippen molar-refractivity contribution in [3.05, 3.63) is 10.6 Å². The molecule has 0 saturated heterocycles. The van der Waals surface area contributed by atoms with Crippen LogP contribution in [0.25, 0.3) is 0 Å². The molecule has 1 aliphatic rings. The molecule has 0 aliphatic heterocycles. The van der Waals surface area contributed by atoms with Crippen molar-refractivity contribution >= 4 is 34.9 Å². The van der Waals surface area contributed by atoms with Crippen LogP contribution in [0.2, 0.25) is 0 Å². The highest BCUT2D eigenvalue weighted by Gasteiger charge is 2.38. The van der Waals surface area contributed by atoms with E-state index in [0.717, 1.165) is 50.1 Å². The van der Waals surface area contributed by atoms with Gasteiger partial charge in [0.05, 0.1) is 5.69 Å². The summed E-state index contributed by atoms with van der Waals surface area (Å²) in [6, 6.07) is -0.588. The highest BCUT2D eigenvalue weighted by Crippen LogP contribution is 2.31. The fourth-order valence-electron chi connectivity index (χ4n) is 3.76. The van der Waals surface area contributed by atoms with Gasteiger partial charge in [0.1, 0.15) is 10.9 Å². The lowest BCUT2D eigenvalue weighted by Crippen LogP contribution is -2.53. The van der Waals surface area contributed by atoms with Crippen LogP contribution in [0.4, 0.5) is 5.69 Å². The number of nitrogens with zero attached hydrogens (tertiary/aromatic N) is 2. The van der Waals surface area contributed by atoms with Crippen LogP contribution in [0.15, 0.2) is 0 Å². The van der Waals surface area contributed by atoms with E-state index in [4.69, 9.17) is 11.5 Å². The maximum Gasteiger partial charge on any atom is 0.270 e. The molecule has 1 aliphatic carbocycles. The number of nitrogens with one attached hydrogen (secondary N) is 1. The minimum absolute atomic E-state index is 0.00552. The molecule has 9 heteroatoms. The average molecular weight is 424 g/mol. The highest BCUT2D eigenvalue weighted by atomic mass is 32.1. The van der Waals surface area contributed by atoms with Gasteiger partial charge >= 0.3 is 0 Å². The van der Waals surface area contributed by atoms with Crippen LogP contribution in [0.3, 0.4) is 0 Å². The Hall–Kier alpha value is -2.16. The number of nitrogen functional groups attached to an aromatic ring is 1. The summed E-state index contributed by atoms with van der Waals surface area (Å²) in [5, 5.41) is 3.00. The Morgan fingerprint density at radius 1 is 1.24 bits per heavy atom. The summed E-state index contributed by atoms with van der Waals surface area (Å²) in [6.07, 6.45) is 5.96. The van der Waals surface area contributed by atoms with Gasteiger partial charge in [0.2, 0.25) is 5.91 Å². The van der Waals surface area contributed by atoms with Gasteiger partial charge in [-0.3, -0.25) is 14.4 Å². The molecule has 5 N–H and O–H groups in total. The van der Waals surface area contributed by atoms with Gasteiger partial charge in [-0.1, -0.05) is 40.0 Å². The van der Waals surface area contributed by atoms with Gasteiger partial charge in [-0.05, 0) is 43.1 Å². The molecule has 1 aromatic rings. The molecule has 0 radical (unpaired) electrons. The van der Waals surface area contributed by atoms with Gasteiger partial charge in [-0.15, -0.1) is 0 Å². The summed E-state index contributed by atoms with van der Waals surface area (Å²) in [5.74, 6) is -0.749. The molecule has 1 fully saturated rings. The third-order valence-electron chi connectivity index (χ3n) is 5.33. The molecule has 162 valence electrons. The number of hydrogen-bond acceptors (Lipinski definition) is 6. The van der Waals surface area contributed by atoms with E-state index in [9.17, 15) is 14.4 Å². The maximum absolute atomic E-state index is 13.5. The minimum atomic E-state index is -0.762. The molecule has 1 aromatic heterocycles. The lowest BCUT2D eigenvalue weighted by atomic mass is 10.0. The average Bonchev–Trinajstić information content (AvgIpc) is 3.30. The van der Waals surface area contributed by atoms with E-state index >= 15 is 0 Å². The Labute approximate surface area is 176 Å². The van der Waals surface area contributed by atoms with Gasteiger partial charge in [-0.25, -0.2) is 0 Å². The molecule has 3 amide bonds. The lowest BCUT2D eigenvalue weighted by Gasteiger charge is -2.35. The first-order chi connectivity index (χ1) is 13.8. The summed E-state index contributed by atoms with van der Waals surface area (Å²) in [7, 11) is 0. The van der Waals surface area contributed by atoms with Crippen molar-refractivity contribution < 1.29 is 14.4 Å². The molecule has 0 unspecified atom stereocenters. The Morgan fingerprint density at radius 3 is 2.41 bits per heavy atom. The van der Waals surface area contributed by atoms with E-state index in [2.05, 4.69) is 23.5 Å². The number of rotatable bonds is 10. The van der Waals surface area contributed by atoms with E-state index in [1.54, 1.807) is 4.90 Å². The smallest absolute Gasteiger partial charge is 0.270 e. The summed E-state index contributed by atoms with van der Waals surface area (Å²) in [6.45, 7) is 6.79. The molecule has 0 aromatic carbocycles. The zero-order chi connectivity index (χ0) is 21.6. The molecule has 0 bridgehead atoms. The van der Waals surface area contributed by atoms with Crippen molar-refractivity contribution in [1.82, 2.24) is 14.6 Å². The number of amides is 3. The summed E-state index contributed by atoms with van der Waals surface area (Å²) >= 11 is 0.870. The van der Waals surface area contributed by atoms with Crippen LogP contribution in [-0.2, 0) is 4.79 Å². The van der Waals surface area contributed by atoms with Crippen molar-refractivity contribution in [2.45, 2.75) is 77.8 Å². The summed E-state index contributed by atoms with van der Waals surface area (Å²) in [5.41, 5.74) is 11.2. The number of aromatic nitrogens is 1. The predicted octanol–water partition coefficient (Wildman–Crippen LogP) is 2.54. The van der Waals surface area contributed by atoms with E-state index in [-0.39, 0.29) is 34.1 Å². The van der Waals surface area contributed by atoms with Crippen molar-refractivity contribution in [2.75, 3.05) is 12.3 Å². The second-order valence-corrected chi connectivity index (χ2v) is 8.84.